The van der Waals surface area contributed by atoms with Gasteiger partial charge >= 0.3 is 5.97 Å². The van der Waals surface area contributed by atoms with Gasteiger partial charge in [-0.1, -0.05) is 23.7 Å². The average molecular weight is 338 g/mol. The molecule has 0 aromatic heterocycles. The highest BCUT2D eigenvalue weighted by Crippen LogP contribution is 2.38. The molecule has 0 saturated carbocycles. The molecule has 1 aliphatic heterocycles. The minimum absolute atomic E-state index is 0.0210. The molecule has 0 radical (unpaired) electrons. The maximum Gasteiger partial charge on any atom is 0.303 e. The summed E-state index contributed by atoms with van der Waals surface area (Å²) in [6.07, 6.45) is 0.122. The standard InChI is InChI=1S/C16H16ClNO5/c1-9(19)13-14(10-4-6-11(17)7-5-10)18(16(23)15(13)22)8-2-3-12(20)21/h4-7,14,22H,2-3,8H2,1H3,(H,20,21). The summed E-state index contributed by atoms with van der Waals surface area (Å²) in [7, 11) is 0. The van der Waals surface area contributed by atoms with Crippen molar-refractivity contribution in [2.45, 2.75) is 25.8 Å². The lowest BCUT2D eigenvalue weighted by atomic mass is 9.96. The van der Waals surface area contributed by atoms with Crippen molar-refractivity contribution in [3.05, 3.63) is 46.2 Å². The van der Waals surface area contributed by atoms with Crippen LogP contribution in [-0.2, 0) is 14.4 Å². The van der Waals surface area contributed by atoms with Gasteiger partial charge in [-0.3, -0.25) is 14.4 Å². The predicted octanol–water partition coefficient (Wildman–Crippen LogP) is 2.49. The number of rotatable bonds is 6. The molecule has 2 rings (SSSR count). The summed E-state index contributed by atoms with van der Waals surface area (Å²) >= 11 is 5.86. The highest BCUT2D eigenvalue weighted by atomic mass is 35.5. The molecule has 1 aromatic rings. The van der Waals surface area contributed by atoms with E-state index in [2.05, 4.69) is 0 Å². The lowest BCUT2D eigenvalue weighted by Gasteiger charge is -2.26. The van der Waals surface area contributed by atoms with Crippen molar-refractivity contribution in [1.82, 2.24) is 4.90 Å². The van der Waals surface area contributed by atoms with E-state index >= 15 is 0 Å². The fourth-order valence-corrected chi connectivity index (χ4v) is 2.76. The van der Waals surface area contributed by atoms with Gasteiger partial charge in [0.15, 0.2) is 11.5 Å². The van der Waals surface area contributed by atoms with Crippen LogP contribution in [0.25, 0.3) is 0 Å². The van der Waals surface area contributed by atoms with E-state index in [0.717, 1.165) is 0 Å². The molecule has 2 N–H and O–H groups in total. The molecule has 7 heteroatoms. The van der Waals surface area contributed by atoms with Crippen LogP contribution in [0.1, 0.15) is 31.4 Å². The fraction of sp³-hybridized carbons (Fsp3) is 0.312. The molecule has 0 aliphatic carbocycles. The summed E-state index contributed by atoms with van der Waals surface area (Å²) in [5, 5.41) is 19.3. The van der Waals surface area contributed by atoms with Gasteiger partial charge in [0.05, 0.1) is 11.6 Å². The van der Waals surface area contributed by atoms with Gasteiger partial charge in [0, 0.05) is 18.0 Å². The number of nitrogens with zero attached hydrogens (tertiary/aromatic N) is 1. The normalized spacial score (nSPS) is 17.7. The molecule has 23 heavy (non-hydrogen) atoms. The van der Waals surface area contributed by atoms with Crippen LogP contribution in [0.4, 0.5) is 0 Å². The summed E-state index contributed by atoms with van der Waals surface area (Å²) < 4.78 is 0. The van der Waals surface area contributed by atoms with E-state index in [0.29, 0.717) is 10.6 Å². The van der Waals surface area contributed by atoms with Crippen molar-refractivity contribution in [3.8, 4) is 0 Å². The number of amides is 1. The number of ketones is 1. The van der Waals surface area contributed by atoms with Crippen LogP contribution < -0.4 is 0 Å². The summed E-state index contributed by atoms with van der Waals surface area (Å²) in [4.78, 5) is 36.1. The van der Waals surface area contributed by atoms with E-state index in [-0.39, 0.29) is 25.0 Å². The quantitative estimate of drug-likeness (QED) is 0.831. The van der Waals surface area contributed by atoms with Gasteiger partial charge in [-0.25, -0.2) is 0 Å². The number of aliphatic hydroxyl groups is 1. The maximum atomic E-state index is 12.2. The van der Waals surface area contributed by atoms with Crippen LogP contribution in [0.2, 0.25) is 5.02 Å². The van der Waals surface area contributed by atoms with Gasteiger partial charge < -0.3 is 15.1 Å². The summed E-state index contributed by atoms with van der Waals surface area (Å²) in [5.41, 5.74) is 0.653. The van der Waals surface area contributed by atoms with Crippen molar-refractivity contribution in [3.63, 3.8) is 0 Å². The number of aliphatic hydroxyl groups excluding tert-OH is 1. The van der Waals surface area contributed by atoms with Gasteiger partial charge in [-0.15, -0.1) is 0 Å². The highest BCUT2D eigenvalue weighted by Gasteiger charge is 2.41. The van der Waals surface area contributed by atoms with E-state index in [1.807, 2.05) is 0 Å². The molecule has 1 aliphatic rings. The van der Waals surface area contributed by atoms with Crippen LogP contribution in [-0.4, -0.2) is 39.3 Å². The predicted molar refractivity (Wildman–Crippen MR) is 83.1 cm³/mol. The minimum Gasteiger partial charge on any atom is -0.503 e. The number of benzene rings is 1. The first-order valence-electron chi connectivity index (χ1n) is 7.05. The second-order valence-electron chi connectivity index (χ2n) is 5.27. The molecule has 1 heterocycles. The van der Waals surface area contributed by atoms with Gasteiger partial charge in [-0.05, 0) is 31.0 Å². The molecular formula is C16H16ClNO5. The van der Waals surface area contributed by atoms with E-state index in [4.69, 9.17) is 16.7 Å². The molecule has 0 fully saturated rings. The zero-order valence-electron chi connectivity index (χ0n) is 12.5. The Hall–Kier alpha value is -2.34. The smallest absolute Gasteiger partial charge is 0.303 e. The number of hydrogen-bond donors (Lipinski definition) is 2. The first kappa shape index (κ1) is 17.0. The van der Waals surface area contributed by atoms with Gasteiger partial charge in [0.25, 0.3) is 5.91 Å². The van der Waals surface area contributed by atoms with Gasteiger partial charge in [0.2, 0.25) is 0 Å². The Labute approximate surface area is 138 Å². The molecule has 0 bridgehead atoms. The molecule has 0 saturated heterocycles. The van der Waals surface area contributed by atoms with Crippen molar-refractivity contribution in [2.24, 2.45) is 0 Å². The number of hydrogen-bond acceptors (Lipinski definition) is 4. The first-order chi connectivity index (χ1) is 10.8. The molecule has 1 aromatic carbocycles. The first-order valence-corrected chi connectivity index (χ1v) is 7.43. The monoisotopic (exact) mass is 337 g/mol. The minimum atomic E-state index is -0.969. The van der Waals surface area contributed by atoms with E-state index in [1.165, 1.54) is 11.8 Å². The van der Waals surface area contributed by atoms with Crippen LogP contribution in [0.3, 0.4) is 0 Å². The Balaban J connectivity index is 2.36. The highest BCUT2D eigenvalue weighted by molar-refractivity contribution is 6.30. The Morgan fingerprint density at radius 1 is 1.26 bits per heavy atom. The number of halogens is 1. The summed E-state index contributed by atoms with van der Waals surface area (Å²) in [6, 6.07) is 5.87. The van der Waals surface area contributed by atoms with E-state index < -0.39 is 29.5 Å². The number of carboxylic acid groups (broad SMARTS) is 1. The molecular weight excluding hydrogens is 322 g/mol. The molecule has 1 amide bonds. The lowest BCUT2D eigenvalue weighted by Crippen LogP contribution is -2.32. The van der Waals surface area contributed by atoms with Gasteiger partial charge in [-0.2, -0.15) is 0 Å². The molecule has 1 atom stereocenters. The van der Waals surface area contributed by atoms with Crippen molar-refractivity contribution in [2.75, 3.05) is 6.54 Å². The topological polar surface area (TPSA) is 94.9 Å². The zero-order valence-corrected chi connectivity index (χ0v) is 13.2. The SMILES string of the molecule is CC(=O)C1=C(O)C(=O)N(CCCC(=O)O)C1c1ccc(Cl)cc1. The van der Waals surface area contributed by atoms with Crippen LogP contribution in [0, 0.1) is 0 Å². The fourth-order valence-electron chi connectivity index (χ4n) is 2.64. The van der Waals surface area contributed by atoms with Gasteiger partial charge in [0.1, 0.15) is 0 Å². The van der Waals surface area contributed by atoms with Crippen LogP contribution in [0.5, 0.6) is 0 Å². The third-order valence-electron chi connectivity index (χ3n) is 3.66. The Morgan fingerprint density at radius 2 is 1.87 bits per heavy atom. The molecule has 1 unspecified atom stereocenters. The van der Waals surface area contributed by atoms with Crippen molar-refractivity contribution >= 4 is 29.3 Å². The summed E-state index contributed by atoms with van der Waals surface area (Å²) in [6.45, 7) is 1.40. The third-order valence-corrected chi connectivity index (χ3v) is 3.91. The zero-order chi connectivity index (χ0) is 17.1. The average Bonchev–Trinajstić information content (AvgIpc) is 2.72. The molecule has 0 spiro atoms. The number of carbonyl (C=O) groups excluding carboxylic acids is 2. The molecule has 122 valence electrons. The van der Waals surface area contributed by atoms with Crippen molar-refractivity contribution in [1.29, 1.82) is 0 Å². The van der Waals surface area contributed by atoms with Crippen LogP contribution >= 0.6 is 11.6 Å². The number of Topliss-reactive ketones (excluding diaryl/α,β-unsaturated/α-hetero) is 1. The Kier molecular flexibility index (Phi) is 5.05. The third kappa shape index (κ3) is 3.53. The number of carboxylic acids is 1. The molecule has 6 nitrogen and oxygen atoms in total. The second-order valence-corrected chi connectivity index (χ2v) is 5.70. The van der Waals surface area contributed by atoms with E-state index in [9.17, 15) is 19.5 Å². The Bertz CT molecular complexity index is 680. The Morgan fingerprint density at radius 3 is 2.39 bits per heavy atom. The lowest BCUT2D eigenvalue weighted by molar-refractivity contribution is -0.138. The van der Waals surface area contributed by atoms with Crippen molar-refractivity contribution < 1.29 is 24.6 Å². The maximum absolute atomic E-state index is 12.2. The van der Waals surface area contributed by atoms with Crippen LogP contribution in [0.15, 0.2) is 35.6 Å². The second kappa shape index (κ2) is 6.83. The summed E-state index contributed by atoms with van der Waals surface area (Å²) in [5.74, 6) is -2.62. The number of aliphatic carboxylic acids is 1. The number of carbonyl (C=O) groups is 3. The largest absolute Gasteiger partial charge is 0.503 e. The van der Waals surface area contributed by atoms with E-state index in [1.54, 1.807) is 24.3 Å².